The Balaban J connectivity index is 3.30. The van der Waals surface area contributed by atoms with Gasteiger partial charge in [0, 0.05) is 6.54 Å². The molecule has 0 saturated carbocycles. The quantitative estimate of drug-likeness (QED) is 0.523. The SMILES string of the molecule is CCn1ncc([N+](=O)[O-])c1C(N)=O. The van der Waals surface area contributed by atoms with Gasteiger partial charge in [-0.2, -0.15) is 5.10 Å². The number of amides is 1. The fourth-order valence-corrected chi connectivity index (χ4v) is 1.00. The largest absolute Gasteiger partial charge is 0.364 e. The molecule has 13 heavy (non-hydrogen) atoms. The topological polar surface area (TPSA) is 104 Å². The highest BCUT2D eigenvalue weighted by Crippen LogP contribution is 2.16. The second kappa shape index (κ2) is 3.21. The van der Waals surface area contributed by atoms with Gasteiger partial charge in [-0.25, -0.2) is 0 Å². The third kappa shape index (κ3) is 1.48. The minimum atomic E-state index is -0.842. The molecule has 0 aliphatic heterocycles. The molecule has 70 valence electrons. The van der Waals surface area contributed by atoms with E-state index < -0.39 is 10.8 Å². The molecule has 1 heterocycles. The molecule has 0 aromatic carbocycles. The van der Waals surface area contributed by atoms with E-state index in [2.05, 4.69) is 5.10 Å². The average Bonchev–Trinajstić information content (AvgIpc) is 2.46. The third-order valence-electron chi connectivity index (χ3n) is 1.55. The molecule has 7 heteroatoms. The van der Waals surface area contributed by atoms with Crippen LogP contribution in [0.1, 0.15) is 17.4 Å². The molecule has 1 aromatic rings. The first kappa shape index (κ1) is 9.17. The van der Waals surface area contributed by atoms with Gasteiger partial charge < -0.3 is 5.73 Å². The number of nitrogens with zero attached hydrogens (tertiary/aromatic N) is 3. The molecule has 1 amide bonds. The lowest BCUT2D eigenvalue weighted by molar-refractivity contribution is -0.385. The summed E-state index contributed by atoms with van der Waals surface area (Å²) in [7, 11) is 0. The van der Waals surface area contributed by atoms with Crippen LogP contribution in [0.2, 0.25) is 0 Å². The molecule has 1 aromatic heterocycles. The molecule has 0 atom stereocenters. The Morgan fingerprint density at radius 1 is 1.85 bits per heavy atom. The Kier molecular flexibility index (Phi) is 2.27. The highest BCUT2D eigenvalue weighted by Gasteiger charge is 2.23. The molecule has 0 fully saturated rings. The van der Waals surface area contributed by atoms with Gasteiger partial charge in [0.15, 0.2) is 0 Å². The van der Waals surface area contributed by atoms with E-state index in [9.17, 15) is 14.9 Å². The predicted octanol–water partition coefficient (Wildman–Crippen LogP) is -0.0899. The Morgan fingerprint density at radius 3 is 2.85 bits per heavy atom. The van der Waals surface area contributed by atoms with Gasteiger partial charge in [0.1, 0.15) is 6.20 Å². The second-order valence-electron chi connectivity index (χ2n) is 2.32. The lowest BCUT2D eigenvalue weighted by Gasteiger charge is -1.98. The molecular weight excluding hydrogens is 176 g/mol. The number of nitro groups is 1. The summed E-state index contributed by atoms with van der Waals surface area (Å²) in [5, 5.41) is 14.1. The van der Waals surface area contributed by atoms with Gasteiger partial charge in [0.2, 0.25) is 5.69 Å². The fourth-order valence-electron chi connectivity index (χ4n) is 1.00. The molecule has 2 N–H and O–H groups in total. The standard InChI is InChI=1S/C6H8N4O3/c1-2-9-5(6(7)11)4(3-8-9)10(12)13/h3H,2H2,1H3,(H2,7,11). The first-order chi connectivity index (χ1) is 6.07. The maximum Gasteiger partial charge on any atom is 0.320 e. The number of primary amides is 1. The maximum absolute atomic E-state index is 10.8. The number of nitrogens with two attached hydrogens (primary N) is 1. The van der Waals surface area contributed by atoms with Gasteiger partial charge in [0.25, 0.3) is 5.91 Å². The van der Waals surface area contributed by atoms with E-state index in [0.29, 0.717) is 6.54 Å². The van der Waals surface area contributed by atoms with Crippen molar-refractivity contribution < 1.29 is 9.72 Å². The van der Waals surface area contributed by atoms with Crippen LogP contribution in [0.25, 0.3) is 0 Å². The second-order valence-corrected chi connectivity index (χ2v) is 2.32. The number of rotatable bonds is 3. The van der Waals surface area contributed by atoms with Crippen LogP contribution in [0.15, 0.2) is 6.20 Å². The molecular formula is C6H8N4O3. The Labute approximate surface area is 73.3 Å². The van der Waals surface area contributed by atoms with Crippen molar-refractivity contribution in [1.29, 1.82) is 0 Å². The van der Waals surface area contributed by atoms with Gasteiger partial charge in [-0.3, -0.25) is 19.6 Å². The van der Waals surface area contributed by atoms with Crippen molar-refractivity contribution in [3.63, 3.8) is 0 Å². The summed E-state index contributed by atoms with van der Waals surface area (Å²) in [6, 6.07) is 0. The zero-order valence-electron chi connectivity index (χ0n) is 6.93. The van der Waals surface area contributed by atoms with E-state index in [1.54, 1.807) is 6.92 Å². The molecule has 0 saturated heterocycles. The zero-order valence-corrected chi connectivity index (χ0v) is 6.93. The smallest absolute Gasteiger partial charge is 0.320 e. The van der Waals surface area contributed by atoms with E-state index in [4.69, 9.17) is 5.73 Å². The van der Waals surface area contributed by atoms with Crippen molar-refractivity contribution in [3.05, 3.63) is 22.0 Å². The number of hydrogen-bond acceptors (Lipinski definition) is 4. The third-order valence-corrected chi connectivity index (χ3v) is 1.55. The number of hydrogen-bond donors (Lipinski definition) is 1. The predicted molar refractivity (Wildman–Crippen MR) is 43.1 cm³/mol. The van der Waals surface area contributed by atoms with Crippen LogP contribution < -0.4 is 5.73 Å². The van der Waals surface area contributed by atoms with E-state index in [0.717, 1.165) is 6.20 Å². The van der Waals surface area contributed by atoms with Crippen LogP contribution in [0.4, 0.5) is 5.69 Å². The van der Waals surface area contributed by atoms with Gasteiger partial charge in [-0.15, -0.1) is 0 Å². The molecule has 0 aliphatic carbocycles. The first-order valence-corrected chi connectivity index (χ1v) is 3.58. The van der Waals surface area contributed by atoms with Crippen LogP contribution in [0.3, 0.4) is 0 Å². The Bertz CT molecular complexity index is 357. The minimum absolute atomic E-state index is 0.160. The number of carbonyl (C=O) groups is 1. The highest BCUT2D eigenvalue weighted by molar-refractivity contribution is 5.95. The molecule has 0 bridgehead atoms. The molecule has 0 unspecified atom stereocenters. The first-order valence-electron chi connectivity index (χ1n) is 3.58. The van der Waals surface area contributed by atoms with E-state index in [1.165, 1.54) is 4.68 Å². The monoisotopic (exact) mass is 184 g/mol. The van der Waals surface area contributed by atoms with Crippen molar-refractivity contribution in [2.45, 2.75) is 13.5 Å². The molecule has 0 aliphatic rings. The average molecular weight is 184 g/mol. The Hall–Kier alpha value is -1.92. The number of aromatic nitrogens is 2. The van der Waals surface area contributed by atoms with Crippen molar-refractivity contribution in [3.8, 4) is 0 Å². The van der Waals surface area contributed by atoms with Crippen LogP contribution >= 0.6 is 0 Å². The van der Waals surface area contributed by atoms with Gasteiger partial charge in [0.05, 0.1) is 4.92 Å². The minimum Gasteiger partial charge on any atom is -0.364 e. The van der Waals surface area contributed by atoms with Crippen molar-refractivity contribution in [1.82, 2.24) is 9.78 Å². The summed E-state index contributed by atoms with van der Waals surface area (Å²) in [4.78, 5) is 20.5. The summed E-state index contributed by atoms with van der Waals surface area (Å²) in [5.41, 5.74) is 4.46. The fraction of sp³-hybridized carbons (Fsp3) is 0.333. The van der Waals surface area contributed by atoms with Crippen LogP contribution in [0, 0.1) is 10.1 Å². The van der Waals surface area contributed by atoms with Gasteiger partial charge in [-0.05, 0) is 6.92 Å². The summed E-state index contributed by atoms with van der Waals surface area (Å²) >= 11 is 0. The zero-order chi connectivity index (χ0) is 10.0. The summed E-state index contributed by atoms with van der Waals surface area (Å²) < 4.78 is 1.19. The van der Waals surface area contributed by atoms with Crippen molar-refractivity contribution in [2.24, 2.45) is 5.73 Å². The van der Waals surface area contributed by atoms with Crippen LogP contribution in [-0.4, -0.2) is 20.6 Å². The summed E-state index contributed by atoms with van der Waals surface area (Å²) in [6.45, 7) is 2.08. The highest BCUT2D eigenvalue weighted by atomic mass is 16.6. The van der Waals surface area contributed by atoms with Crippen molar-refractivity contribution in [2.75, 3.05) is 0 Å². The molecule has 7 nitrogen and oxygen atoms in total. The van der Waals surface area contributed by atoms with Crippen LogP contribution in [0.5, 0.6) is 0 Å². The normalized spacial score (nSPS) is 9.92. The molecule has 1 rings (SSSR count). The van der Waals surface area contributed by atoms with Crippen molar-refractivity contribution >= 4 is 11.6 Å². The summed E-state index contributed by atoms with van der Waals surface area (Å²) in [5.74, 6) is -0.842. The summed E-state index contributed by atoms with van der Waals surface area (Å²) in [6.07, 6.45) is 1.02. The number of carbonyl (C=O) groups excluding carboxylic acids is 1. The molecule has 0 radical (unpaired) electrons. The lowest BCUT2D eigenvalue weighted by atomic mass is 10.3. The van der Waals surface area contributed by atoms with Gasteiger partial charge >= 0.3 is 5.69 Å². The van der Waals surface area contributed by atoms with E-state index in [1.807, 2.05) is 0 Å². The number of aryl methyl sites for hydroxylation is 1. The van der Waals surface area contributed by atoms with Crippen LogP contribution in [-0.2, 0) is 6.54 Å². The Morgan fingerprint density at radius 2 is 2.46 bits per heavy atom. The van der Waals surface area contributed by atoms with Gasteiger partial charge in [-0.1, -0.05) is 0 Å². The lowest BCUT2D eigenvalue weighted by Crippen LogP contribution is -2.18. The maximum atomic E-state index is 10.8. The van der Waals surface area contributed by atoms with E-state index >= 15 is 0 Å². The van der Waals surface area contributed by atoms with E-state index in [-0.39, 0.29) is 11.4 Å². The molecule has 0 spiro atoms.